The Labute approximate surface area is 265 Å². The minimum absolute atomic E-state index is 0.227. The van der Waals surface area contributed by atoms with Crippen LogP contribution in [0.3, 0.4) is 0 Å². The summed E-state index contributed by atoms with van der Waals surface area (Å²) < 4.78 is 6.48. The van der Waals surface area contributed by atoms with Gasteiger partial charge in [0.2, 0.25) is 0 Å². The molecule has 2 aromatic carbocycles. The number of benzene rings is 2. The highest BCUT2D eigenvalue weighted by Gasteiger charge is 2.56. The molecule has 4 saturated carbocycles. The van der Waals surface area contributed by atoms with Gasteiger partial charge in [-0.05, 0) is 125 Å². The summed E-state index contributed by atoms with van der Waals surface area (Å²) >= 11 is 0. The van der Waals surface area contributed by atoms with Gasteiger partial charge in [-0.3, -0.25) is 0 Å². The summed E-state index contributed by atoms with van der Waals surface area (Å²) in [6.45, 7) is 19.7. The van der Waals surface area contributed by atoms with Crippen LogP contribution in [0.2, 0.25) is 0 Å². The molecule has 4 aliphatic rings. The summed E-state index contributed by atoms with van der Waals surface area (Å²) in [5.74, 6) is 8.68. The summed E-state index contributed by atoms with van der Waals surface area (Å²) in [5, 5.41) is 0. The Hall–Kier alpha value is -1.60. The van der Waals surface area contributed by atoms with E-state index in [1.54, 1.807) is 5.56 Å². The summed E-state index contributed by atoms with van der Waals surface area (Å²) in [6.07, 6.45) is 10.2. The van der Waals surface area contributed by atoms with Gasteiger partial charge in [-0.15, -0.1) is 0 Å². The van der Waals surface area contributed by atoms with Gasteiger partial charge in [-0.25, -0.2) is 0 Å². The summed E-state index contributed by atoms with van der Waals surface area (Å²) in [7, 11) is 1.99. The van der Waals surface area contributed by atoms with Crippen molar-refractivity contribution in [2.75, 3.05) is 7.11 Å². The molecule has 6 rings (SSSR count). The molecule has 236 valence electrons. The zero-order valence-corrected chi connectivity index (χ0v) is 29.0. The van der Waals surface area contributed by atoms with Crippen molar-refractivity contribution < 1.29 is 4.74 Å². The highest BCUT2D eigenvalue weighted by atomic mass is 16.5. The Morgan fingerprint density at radius 2 is 1.30 bits per heavy atom. The minimum atomic E-state index is 0.227. The average molecular weight is 583 g/mol. The van der Waals surface area contributed by atoms with Crippen molar-refractivity contribution in [3.63, 3.8) is 0 Å². The van der Waals surface area contributed by atoms with Gasteiger partial charge in [0.25, 0.3) is 0 Å². The number of rotatable bonds is 5. The number of methoxy groups -OCH3 is 1. The van der Waals surface area contributed by atoms with Gasteiger partial charge >= 0.3 is 0 Å². The first-order valence-electron chi connectivity index (χ1n) is 18.1. The Kier molecular flexibility index (Phi) is 8.73. The van der Waals surface area contributed by atoms with Gasteiger partial charge in [-0.1, -0.05) is 116 Å². The van der Waals surface area contributed by atoms with E-state index in [0.29, 0.717) is 17.9 Å². The summed E-state index contributed by atoms with van der Waals surface area (Å²) in [5.41, 5.74) is 5.09. The predicted octanol–water partition coefficient (Wildman–Crippen LogP) is 11.3. The van der Waals surface area contributed by atoms with Gasteiger partial charge < -0.3 is 4.74 Å². The number of ether oxygens (including phenoxy) is 1. The van der Waals surface area contributed by atoms with E-state index in [9.17, 15) is 0 Å². The Morgan fingerprint density at radius 3 is 1.91 bits per heavy atom. The fourth-order valence-corrected chi connectivity index (χ4v) is 11.4. The van der Waals surface area contributed by atoms with E-state index >= 15 is 0 Å². The highest BCUT2D eigenvalue weighted by Crippen LogP contribution is 2.63. The van der Waals surface area contributed by atoms with Gasteiger partial charge in [-0.2, -0.15) is 0 Å². The first-order chi connectivity index (χ1) is 20.4. The molecule has 43 heavy (non-hydrogen) atoms. The van der Waals surface area contributed by atoms with Crippen molar-refractivity contribution in [1.82, 2.24) is 0 Å². The maximum atomic E-state index is 6.48. The molecule has 0 N–H and O–H groups in total. The normalized spacial score (nSPS) is 39.8. The molecule has 1 nitrogen and oxygen atoms in total. The molecule has 0 bridgehead atoms. The lowest BCUT2D eigenvalue weighted by molar-refractivity contribution is -0.0758. The van der Waals surface area contributed by atoms with Crippen molar-refractivity contribution in [3.05, 3.63) is 71.3 Å². The summed E-state index contributed by atoms with van der Waals surface area (Å²) in [4.78, 5) is 0. The molecule has 4 aliphatic carbocycles. The average Bonchev–Trinajstić information content (AvgIpc) is 3.46. The third-order valence-electron chi connectivity index (χ3n) is 13.6. The fourth-order valence-electron chi connectivity index (χ4n) is 11.4. The van der Waals surface area contributed by atoms with Crippen LogP contribution in [-0.2, 0) is 10.2 Å². The third kappa shape index (κ3) is 5.91. The van der Waals surface area contributed by atoms with Crippen molar-refractivity contribution in [2.45, 2.75) is 124 Å². The van der Waals surface area contributed by atoms with Gasteiger partial charge in [0.1, 0.15) is 0 Å². The lowest BCUT2D eigenvalue weighted by Crippen LogP contribution is -2.47. The van der Waals surface area contributed by atoms with Crippen molar-refractivity contribution in [2.24, 2.45) is 58.7 Å². The maximum absolute atomic E-state index is 6.48. The van der Waals surface area contributed by atoms with E-state index in [4.69, 9.17) is 4.74 Å². The largest absolute Gasteiger partial charge is 0.381 e. The molecule has 2 aromatic rings. The topological polar surface area (TPSA) is 9.23 Å². The van der Waals surface area contributed by atoms with Crippen molar-refractivity contribution in [3.8, 4) is 0 Å². The molecule has 12 atom stereocenters. The van der Waals surface area contributed by atoms with E-state index in [2.05, 4.69) is 110 Å². The number of hydrogen-bond donors (Lipinski definition) is 0. The monoisotopic (exact) mass is 582 g/mol. The second-order valence-electron chi connectivity index (χ2n) is 17.9. The van der Waals surface area contributed by atoms with Gasteiger partial charge in [0.05, 0.1) is 6.10 Å². The van der Waals surface area contributed by atoms with Crippen LogP contribution in [-0.4, -0.2) is 13.2 Å². The molecule has 1 heteroatoms. The van der Waals surface area contributed by atoms with E-state index in [1.807, 2.05) is 7.11 Å². The second kappa shape index (κ2) is 12.0. The van der Waals surface area contributed by atoms with Crippen LogP contribution in [0, 0.1) is 58.7 Å². The molecule has 0 amide bonds. The van der Waals surface area contributed by atoms with Crippen LogP contribution >= 0.6 is 0 Å². The van der Waals surface area contributed by atoms with E-state index in [1.165, 1.54) is 56.1 Å². The Bertz CT molecular complexity index is 1200. The first kappa shape index (κ1) is 31.4. The molecular formula is C42H62O. The zero-order chi connectivity index (χ0) is 30.7. The van der Waals surface area contributed by atoms with Crippen LogP contribution < -0.4 is 0 Å². The smallest absolute Gasteiger partial charge is 0.0675 e. The van der Waals surface area contributed by atoms with Gasteiger partial charge in [0, 0.05) is 13.0 Å². The lowest BCUT2D eigenvalue weighted by atomic mass is 9.57. The van der Waals surface area contributed by atoms with Gasteiger partial charge in [0.15, 0.2) is 0 Å². The minimum Gasteiger partial charge on any atom is -0.381 e. The Balaban J connectivity index is 1.25. The Morgan fingerprint density at radius 1 is 0.674 bits per heavy atom. The molecule has 0 radical (unpaired) electrons. The standard InChI is InChI=1S/C42H62O/c1-26-22-35-31(28-18-20-30(21-19-28)41(3,4)5)16-13-17-32(35)33(26)24-34-27(2)23-37-36(34)25-38(42(6,7)8)40(43-9)39(37)29-14-11-10-12-15-29/h10-12,14-15,18-21,26-27,31-40H,13,16-17,22-25H2,1-9H3. The quantitative estimate of drug-likeness (QED) is 0.341. The summed E-state index contributed by atoms with van der Waals surface area (Å²) in [6, 6.07) is 21.4. The fraction of sp³-hybridized carbons (Fsp3) is 0.714. The highest BCUT2D eigenvalue weighted by molar-refractivity contribution is 5.31. The molecule has 12 unspecified atom stereocenters. The van der Waals surface area contributed by atoms with Crippen molar-refractivity contribution in [1.29, 1.82) is 0 Å². The predicted molar refractivity (Wildman–Crippen MR) is 182 cm³/mol. The van der Waals surface area contributed by atoms with Crippen LogP contribution in [0.1, 0.15) is 129 Å². The molecule has 4 fully saturated rings. The van der Waals surface area contributed by atoms with E-state index < -0.39 is 0 Å². The van der Waals surface area contributed by atoms with Crippen LogP contribution in [0.5, 0.6) is 0 Å². The van der Waals surface area contributed by atoms with Crippen LogP contribution in [0.4, 0.5) is 0 Å². The molecule has 0 aromatic heterocycles. The van der Waals surface area contributed by atoms with Crippen molar-refractivity contribution >= 4 is 0 Å². The SMILES string of the molecule is COC1C(c2ccccc2)C2CC(C)C(CC3C(C)CC4C(c5ccc(C(C)(C)C)cc5)CCCC34)C2CC1C(C)(C)C. The van der Waals surface area contributed by atoms with E-state index in [0.717, 1.165) is 53.3 Å². The first-order valence-corrected chi connectivity index (χ1v) is 18.1. The molecule has 0 saturated heterocycles. The van der Waals surface area contributed by atoms with E-state index in [-0.39, 0.29) is 10.8 Å². The van der Waals surface area contributed by atoms with Crippen LogP contribution in [0.15, 0.2) is 54.6 Å². The molecular weight excluding hydrogens is 520 g/mol. The third-order valence-corrected chi connectivity index (χ3v) is 13.6. The zero-order valence-electron chi connectivity index (χ0n) is 29.0. The molecule has 0 spiro atoms. The number of fused-ring (bicyclic) bond motifs is 2. The molecule has 0 heterocycles. The second-order valence-corrected chi connectivity index (χ2v) is 17.9. The maximum Gasteiger partial charge on any atom is 0.0675 e. The van der Waals surface area contributed by atoms with Crippen LogP contribution in [0.25, 0.3) is 0 Å². The number of hydrogen-bond acceptors (Lipinski definition) is 1. The lowest BCUT2D eigenvalue weighted by Gasteiger charge is -2.50. The molecule has 0 aliphatic heterocycles.